The standard InChI is InChI=1S/C8H9NO4S/c10-8(11)6-14(12,13)5-7-1-3-9-4-2-7/h1-4H,5-6H2,(H,10,11). The summed E-state index contributed by atoms with van der Waals surface area (Å²) >= 11 is 0. The molecule has 5 nitrogen and oxygen atoms in total. The second kappa shape index (κ2) is 4.19. The number of hydrogen-bond donors (Lipinski definition) is 1. The quantitative estimate of drug-likeness (QED) is 0.768. The molecule has 0 radical (unpaired) electrons. The molecule has 1 heterocycles. The number of sulfone groups is 1. The monoisotopic (exact) mass is 215 g/mol. The molecule has 1 rings (SSSR count). The van der Waals surface area contributed by atoms with Gasteiger partial charge in [0, 0.05) is 12.4 Å². The molecule has 0 aliphatic heterocycles. The Balaban J connectivity index is 2.74. The Labute approximate surface area is 81.3 Å². The number of aromatic nitrogens is 1. The molecule has 0 saturated heterocycles. The van der Waals surface area contributed by atoms with E-state index in [1.165, 1.54) is 12.4 Å². The Bertz CT molecular complexity index is 412. The van der Waals surface area contributed by atoms with Crippen LogP contribution in [0.2, 0.25) is 0 Å². The van der Waals surface area contributed by atoms with Crippen molar-refractivity contribution in [2.75, 3.05) is 5.75 Å². The lowest BCUT2D eigenvalue weighted by Gasteiger charge is -2.00. The Kier molecular flexibility index (Phi) is 3.19. The molecule has 0 amide bonds. The summed E-state index contributed by atoms with van der Waals surface area (Å²) in [6.07, 6.45) is 2.93. The van der Waals surface area contributed by atoms with Crippen LogP contribution >= 0.6 is 0 Å². The van der Waals surface area contributed by atoms with Crippen LogP contribution < -0.4 is 0 Å². The van der Waals surface area contributed by atoms with Crippen LogP contribution in [0.3, 0.4) is 0 Å². The molecular formula is C8H9NO4S. The maximum Gasteiger partial charge on any atom is 0.318 e. The first-order valence-electron chi connectivity index (χ1n) is 3.81. The van der Waals surface area contributed by atoms with E-state index in [1.807, 2.05) is 0 Å². The smallest absolute Gasteiger partial charge is 0.318 e. The van der Waals surface area contributed by atoms with E-state index in [4.69, 9.17) is 5.11 Å². The van der Waals surface area contributed by atoms with Crippen LogP contribution in [-0.2, 0) is 20.4 Å². The number of pyridine rings is 1. The Morgan fingerprint density at radius 1 is 1.36 bits per heavy atom. The summed E-state index contributed by atoms with van der Waals surface area (Å²) in [6, 6.07) is 3.08. The molecule has 0 unspecified atom stereocenters. The predicted molar refractivity (Wildman–Crippen MR) is 49.4 cm³/mol. The second-order valence-electron chi connectivity index (χ2n) is 2.78. The van der Waals surface area contributed by atoms with Gasteiger partial charge in [0.05, 0.1) is 5.75 Å². The highest BCUT2D eigenvalue weighted by Gasteiger charge is 2.16. The average molecular weight is 215 g/mol. The summed E-state index contributed by atoms with van der Waals surface area (Å²) in [4.78, 5) is 13.9. The second-order valence-corrected chi connectivity index (χ2v) is 4.85. The lowest BCUT2D eigenvalue weighted by atomic mass is 10.3. The van der Waals surface area contributed by atoms with Crippen molar-refractivity contribution in [1.29, 1.82) is 0 Å². The van der Waals surface area contributed by atoms with Crippen LogP contribution in [0.4, 0.5) is 0 Å². The number of carbonyl (C=O) groups is 1. The minimum absolute atomic E-state index is 0.262. The van der Waals surface area contributed by atoms with Crippen LogP contribution in [0.5, 0.6) is 0 Å². The van der Waals surface area contributed by atoms with Crippen molar-refractivity contribution in [2.24, 2.45) is 0 Å². The van der Waals surface area contributed by atoms with Gasteiger partial charge in [-0.3, -0.25) is 9.78 Å². The summed E-state index contributed by atoms with van der Waals surface area (Å²) in [5.74, 6) is -2.43. The van der Waals surface area contributed by atoms with Gasteiger partial charge in [0.15, 0.2) is 9.84 Å². The third-order valence-corrected chi connectivity index (χ3v) is 2.94. The molecule has 1 aromatic heterocycles. The molecular weight excluding hydrogens is 206 g/mol. The van der Waals surface area contributed by atoms with Gasteiger partial charge in [0.1, 0.15) is 5.75 Å². The number of carboxylic acids is 1. The summed E-state index contributed by atoms with van der Waals surface area (Å²) in [5.41, 5.74) is 0.543. The van der Waals surface area contributed by atoms with Crippen LogP contribution in [0.1, 0.15) is 5.56 Å². The highest BCUT2D eigenvalue weighted by molar-refractivity contribution is 7.91. The first-order chi connectivity index (χ1) is 6.49. The van der Waals surface area contributed by atoms with E-state index >= 15 is 0 Å². The van der Waals surface area contributed by atoms with E-state index in [-0.39, 0.29) is 5.75 Å². The van der Waals surface area contributed by atoms with Gasteiger partial charge in [-0.15, -0.1) is 0 Å². The molecule has 0 spiro atoms. The molecule has 1 aromatic rings. The molecule has 0 aliphatic carbocycles. The summed E-state index contributed by atoms with van der Waals surface area (Å²) in [5, 5.41) is 8.34. The zero-order valence-electron chi connectivity index (χ0n) is 7.25. The van der Waals surface area contributed by atoms with Crippen LogP contribution in [-0.4, -0.2) is 30.2 Å². The Hall–Kier alpha value is -1.43. The van der Waals surface area contributed by atoms with E-state index in [9.17, 15) is 13.2 Å². The van der Waals surface area contributed by atoms with Gasteiger partial charge >= 0.3 is 5.97 Å². The highest BCUT2D eigenvalue weighted by atomic mass is 32.2. The van der Waals surface area contributed by atoms with Crippen molar-refractivity contribution in [3.63, 3.8) is 0 Å². The maximum atomic E-state index is 11.2. The van der Waals surface area contributed by atoms with Crippen molar-refractivity contribution in [3.8, 4) is 0 Å². The van der Waals surface area contributed by atoms with Crippen molar-refractivity contribution < 1.29 is 18.3 Å². The molecule has 0 fully saturated rings. The molecule has 0 atom stereocenters. The fourth-order valence-corrected chi connectivity index (χ4v) is 2.15. The maximum absolute atomic E-state index is 11.2. The number of aliphatic carboxylic acids is 1. The van der Waals surface area contributed by atoms with Gasteiger partial charge < -0.3 is 5.11 Å². The summed E-state index contributed by atoms with van der Waals surface area (Å²) in [6.45, 7) is 0. The van der Waals surface area contributed by atoms with Crippen molar-refractivity contribution in [1.82, 2.24) is 4.98 Å². The van der Waals surface area contributed by atoms with Crippen LogP contribution in [0.15, 0.2) is 24.5 Å². The van der Waals surface area contributed by atoms with Crippen LogP contribution in [0.25, 0.3) is 0 Å². The third-order valence-electron chi connectivity index (χ3n) is 1.48. The first-order valence-corrected chi connectivity index (χ1v) is 5.63. The largest absolute Gasteiger partial charge is 0.480 e. The summed E-state index contributed by atoms with van der Waals surface area (Å²) < 4.78 is 22.4. The zero-order chi connectivity index (χ0) is 10.6. The average Bonchev–Trinajstić information content (AvgIpc) is 2.02. The van der Waals surface area contributed by atoms with Crippen molar-refractivity contribution in [3.05, 3.63) is 30.1 Å². The third kappa shape index (κ3) is 3.53. The Morgan fingerprint density at radius 3 is 2.43 bits per heavy atom. The minimum atomic E-state index is -3.56. The number of carboxylic acid groups (broad SMARTS) is 1. The lowest BCUT2D eigenvalue weighted by molar-refractivity contribution is -0.134. The molecule has 0 aliphatic rings. The number of hydrogen-bond acceptors (Lipinski definition) is 4. The zero-order valence-corrected chi connectivity index (χ0v) is 8.07. The van der Waals surface area contributed by atoms with Gasteiger partial charge in [0.25, 0.3) is 0 Å². The molecule has 6 heteroatoms. The minimum Gasteiger partial charge on any atom is -0.480 e. The lowest BCUT2D eigenvalue weighted by Crippen LogP contribution is -2.16. The molecule has 0 bridgehead atoms. The molecule has 1 N–H and O–H groups in total. The topological polar surface area (TPSA) is 84.3 Å². The van der Waals surface area contributed by atoms with Crippen molar-refractivity contribution >= 4 is 15.8 Å². The van der Waals surface area contributed by atoms with Gasteiger partial charge in [-0.25, -0.2) is 8.42 Å². The number of rotatable bonds is 4. The van der Waals surface area contributed by atoms with E-state index in [2.05, 4.69) is 4.98 Å². The van der Waals surface area contributed by atoms with Gasteiger partial charge in [-0.2, -0.15) is 0 Å². The van der Waals surface area contributed by atoms with Crippen LogP contribution in [0, 0.1) is 0 Å². The SMILES string of the molecule is O=C(O)CS(=O)(=O)Cc1ccncc1. The Morgan fingerprint density at radius 2 is 1.93 bits per heavy atom. The summed E-state index contributed by atoms with van der Waals surface area (Å²) in [7, 11) is -3.56. The van der Waals surface area contributed by atoms with Gasteiger partial charge in [-0.05, 0) is 17.7 Å². The van der Waals surface area contributed by atoms with Crippen molar-refractivity contribution in [2.45, 2.75) is 5.75 Å². The fraction of sp³-hybridized carbons (Fsp3) is 0.250. The van der Waals surface area contributed by atoms with Gasteiger partial charge in [0.2, 0.25) is 0 Å². The van der Waals surface area contributed by atoms with E-state index < -0.39 is 21.6 Å². The van der Waals surface area contributed by atoms with E-state index in [0.29, 0.717) is 5.56 Å². The predicted octanol–water partition coefficient (Wildman–Crippen LogP) is 0.0810. The molecule has 0 aromatic carbocycles. The normalized spacial score (nSPS) is 11.1. The number of nitrogens with zero attached hydrogens (tertiary/aromatic N) is 1. The molecule has 0 saturated carbocycles. The van der Waals surface area contributed by atoms with Gasteiger partial charge in [-0.1, -0.05) is 0 Å². The van der Waals surface area contributed by atoms with E-state index in [1.54, 1.807) is 12.1 Å². The van der Waals surface area contributed by atoms with E-state index in [0.717, 1.165) is 0 Å². The highest BCUT2D eigenvalue weighted by Crippen LogP contribution is 2.04. The fourth-order valence-electron chi connectivity index (χ4n) is 0.972. The molecule has 76 valence electrons. The first kappa shape index (κ1) is 10.6. The molecule has 14 heavy (non-hydrogen) atoms.